The monoisotopic (exact) mass is 464 g/mol. The standard InChI is InChI=1S/C28H48O5/c1-6-15(2)7-10-23-28(5,32)25-22(33-23)12-18-17-9-8-16-11-19(29)20(30)13-26(16,3)24(17)21(31)14-27(18,25)4/h15-25,29-32H,6-14H2,1-5H3/t15?,16?,17-,18-,19?,20?,21?,22-,23?,24+,25-,26-,27-,28-/m0/s1. The molecule has 0 aromatic carbocycles. The molecular formula is C28H48O5. The van der Waals surface area contributed by atoms with Crippen molar-refractivity contribution in [1.29, 1.82) is 0 Å². The summed E-state index contributed by atoms with van der Waals surface area (Å²) in [6, 6.07) is 0. The zero-order valence-electron chi connectivity index (χ0n) is 21.4. The maximum Gasteiger partial charge on any atom is 0.0938 e. The van der Waals surface area contributed by atoms with Gasteiger partial charge in [-0.2, -0.15) is 0 Å². The molecule has 1 aliphatic heterocycles. The Hall–Kier alpha value is -0.200. The third-order valence-electron chi connectivity index (χ3n) is 11.9. The van der Waals surface area contributed by atoms with Gasteiger partial charge in [0.25, 0.3) is 0 Å². The molecule has 4 aliphatic carbocycles. The van der Waals surface area contributed by atoms with Crippen LogP contribution in [0, 0.1) is 46.3 Å². The summed E-state index contributed by atoms with van der Waals surface area (Å²) in [7, 11) is 0. The third-order valence-corrected chi connectivity index (χ3v) is 11.9. The second kappa shape index (κ2) is 8.16. The molecule has 1 saturated heterocycles. The first-order valence-corrected chi connectivity index (χ1v) is 13.9. The van der Waals surface area contributed by atoms with E-state index in [2.05, 4.69) is 27.7 Å². The lowest BCUT2D eigenvalue weighted by atomic mass is 9.43. The van der Waals surface area contributed by atoms with Crippen molar-refractivity contribution in [3.63, 3.8) is 0 Å². The highest BCUT2D eigenvalue weighted by Gasteiger charge is 2.71. The molecule has 5 heteroatoms. The molecular weight excluding hydrogens is 416 g/mol. The molecule has 5 nitrogen and oxygen atoms in total. The van der Waals surface area contributed by atoms with Crippen LogP contribution in [0.4, 0.5) is 0 Å². The van der Waals surface area contributed by atoms with Gasteiger partial charge in [-0.05, 0) is 98.7 Å². The fourth-order valence-corrected chi connectivity index (χ4v) is 10.1. The Labute approximate surface area is 200 Å². The molecule has 4 N–H and O–H groups in total. The number of aliphatic hydroxyl groups is 4. The quantitative estimate of drug-likeness (QED) is 0.507. The summed E-state index contributed by atoms with van der Waals surface area (Å²) in [4.78, 5) is 0. The average molecular weight is 465 g/mol. The van der Waals surface area contributed by atoms with Crippen LogP contribution in [-0.4, -0.2) is 56.5 Å². The Bertz CT molecular complexity index is 740. The van der Waals surface area contributed by atoms with E-state index in [-0.39, 0.29) is 34.9 Å². The molecule has 0 amide bonds. The maximum absolute atomic E-state index is 11.8. The van der Waals surface area contributed by atoms with E-state index in [9.17, 15) is 20.4 Å². The molecule has 190 valence electrons. The van der Waals surface area contributed by atoms with E-state index >= 15 is 0 Å². The van der Waals surface area contributed by atoms with Crippen LogP contribution in [0.1, 0.15) is 92.4 Å². The van der Waals surface area contributed by atoms with Gasteiger partial charge in [-0.3, -0.25) is 0 Å². The minimum atomic E-state index is -0.861. The number of hydrogen-bond donors (Lipinski definition) is 4. The van der Waals surface area contributed by atoms with Crippen molar-refractivity contribution in [3.05, 3.63) is 0 Å². The number of rotatable bonds is 4. The second-order valence-electron chi connectivity index (χ2n) is 13.6. The van der Waals surface area contributed by atoms with E-state index in [1.165, 1.54) is 0 Å². The summed E-state index contributed by atoms with van der Waals surface area (Å²) in [6.07, 6.45) is 6.41. The molecule has 5 rings (SSSR count). The molecule has 1 heterocycles. The predicted octanol–water partition coefficient (Wildman–Crippen LogP) is 3.90. The molecule has 5 fully saturated rings. The van der Waals surface area contributed by atoms with Crippen LogP contribution < -0.4 is 0 Å². The summed E-state index contributed by atoms with van der Waals surface area (Å²) in [5.41, 5.74) is -1.13. The van der Waals surface area contributed by atoms with Crippen LogP contribution in [0.25, 0.3) is 0 Å². The van der Waals surface area contributed by atoms with Crippen molar-refractivity contribution in [2.24, 2.45) is 46.3 Å². The topological polar surface area (TPSA) is 90.2 Å². The van der Waals surface area contributed by atoms with Crippen molar-refractivity contribution >= 4 is 0 Å². The highest BCUT2D eigenvalue weighted by atomic mass is 16.5. The second-order valence-corrected chi connectivity index (χ2v) is 13.6. The van der Waals surface area contributed by atoms with Crippen LogP contribution in [-0.2, 0) is 4.74 Å². The minimum Gasteiger partial charge on any atom is -0.393 e. The number of ether oxygens (including phenoxy) is 1. The van der Waals surface area contributed by atoms with Gasteiger partial charge in [0.15, 0.2) is 0 Å². The zero-order chi connectivity index (χ0) is 23.9. The van der Waals surface area contributed by atoms with E-state index in [0.29, 0.717) is 42.9 Å². The summed E-state index contributed by atoms with van der Waals surface area (Å²) >= 11 is 0. The molecule has 0 bridgehead atoms. The zero-order valence-corrected chi connectivity index (χ0v) is 21.4. The predicted molar refractivity (Wildman–Crippen MR) is 127 cm³/mol. The summed E-state index contributed by atoms with van der Waals surface area (Å²) in [6.45, 7) is 11.1. The van der Waals surface area contributed by atoms with E-state index < -0.39 is 23.9 Å². The van der Waals surface area contributed by atoms with Gasteiger partial charge in [-0.15, -0.1) is 0 Å². The SMILES string of the molecule is CCC(C)CCC1O[C@H]2C[C@H]3[C@@H]4CCC5CC(O)C(O)C[C@]5(C)[C@H]4C(O)C[C@]3(C)[C@H]2[C@@]1(C)O. The smallest absolute Gasteiger partial charge is 0.0938 e. The Morgan fingerprint density at radius 2 is 1.64 bits per heavy atom. The van der Waals surface area contributed by atoms with Crippen LogP contribution in [0.5, 0.6) is 0 Å². The molecule has 14 atom stereocenters. The molecule has 6 unspecified atom stereocenters. The maximum atomic E-state index is 11.8. The molecule has 0 radical (unpaired) electrons. The van der Waals surface area contributed by atoms with Gasteiger partial charge in [0.1, 0.15) is 0 Å². The first kappa shape index (κ1) is 24.5. The molecule has 0 aromatic heterocycles. The van der Waals surface area contributed by atoms with Crippen molar-refractivity contribution in [3.8, 4) is 0 Å². The van der Waals surface area contributed by atoms with Crippen molar-refractivity contribution in [1.82, 2.24) is 0 Å². The first-order chi connectivity index (χ1) is 15.4. The van der Waals surface area contributed by atoms with Gasteiger partial charge in [0.2, 0.25) is 0 Å². The summed E-state index contributed by atoms with van der Waals surface area (Å²) < 4.78 is 6.63. The summed E-state index contributed by atoms with van der Waals surface area (Å²) in [5.74, 6) is 2.06. The van der Waals surface area contributed by atoms with E-state index in [1.54, 1.807) is 0 Å². The Morgan fingerprint density at radius 3 is 2.33 bits per heavy atom. The Kier molecular flexibility index (Phi) is 6.06. The van der Waals surface area contributed by atoms with Gasteiger partial charge < -0.3 is 25.2 Å². The fourth-order valence-electron chi connectivity index (χ4n) is 10.1. The molecule has 5 aliphatic rings. The van der Waals surface area contributed by atoms with Gasteiger partial charge in [0, 0.05) is 5.92 Å². The van der Waals surface area contributed by atoms with Crippen LogP contribution >= 0.6 is 0 Å². The lowest BCUT2D eigenvalue weighted by molar-refractivity contribution is -0.205. The fraction of sp³-hybridized carbons (Fsp3) is 1.00. The van der Waals surface area contributed by atoms with Crippen molar-refractivity contribution < 1.29 is 25.2 Å². The summed E-state index contributed by atoms with van der Waals surface area (Å²) in [5, 5.41) is 44.4. The van der Waals surface area contributed by atoms with Gasteiger partial charge in [-0.25, -0.2) is 0 Å². The largest absolute Gasteiger partial charge is 0.393 e. The minimum absolute atomic E-state index is 0.0665. The first-order valence-electron chi connectivity index (χ1n) is 13.9. The highest BCUT2D eigenvalue weighted by molar-refractivity contribution is 5.19. The van der Waals surface area contributed by atoms with E-state index in [0.717, 1.165) is 38.5 Å². The normalized spacial score (nSPS) is 58.8. The van der Waals surface area contributed by atoms with E-state index in [4.69, 9.17) is 4.74 Å². The molecule has 33 heavy (non-hydrogen) atoms. The van der Waals surface area contributed by atoms with Crippen molar-refractivity contribution in [2.45, 2.75) is 129 Å². The third kappa shape index (κ3) is 3.50. The van der Waals surface area contributed by atoms with Gasteiger partial charge in [-0.1, -0.05) is 34.1 Å². The van der Waals surface area contributed by atoms with Crippen LogP contribution in [0.2, 0.25) is 0 Å². The van der Waals surface area contributed by atoms with Crippen LogP contribution in [0.15, 0.2) is 0 Å². The Balaban J connectivity index is 1.40. The molecule has 4 saturated carbocycles. The lowest BCUT2D eigenvalue weighted by Gasteiger charge is -2.63. The number of hydrogen-bond acceptors (Lipinski definition) is 5. The molecule has 0 aromatic rings. The van der Waals surface area contributed by atoms with E-state index in [1.807, 2.05) is 6.92 Å². The highest BCUT2D eigenvalue weighted by Crippen LogP contribution is 2.70. The van der Waals surface area contributed by atoms with Crippen LogP contribution in [0.3, 0.4) is 0 Å². The van der Waals surface area contributed by atoms with Gasteiger partial charge >= 0.3 is 0 Å². The van der Waals surface area contributed by atoms with Crippen molar-refractivity contribution in [2.75, 3.05) is 0 Å². The van der Waals surface area contributed by atoms with Gasteiger partial charge in [0.05, 0.1) is 36.1 Å². The Morgan fingerprint density at radius 1 is 0.939 bits per heavy atom. The lowest BCUT2D eigenvalue weighted by Crippen LogP contribution is -2.62. The molecule has 0 spiro atoms. The number of fused-ring (bicyclic) bond motifs is 7. The average Bonchev–Trinajstić information content (AvgIpc) is 3.17. The number of aliphatic hydroxyl groups excluding tert-OH is 3.